The number of nitrogen functional groups attached to an aromatic ring is 1. The summed E-state index contributed by atoms with van der Waals surface area (Å²) in [5.74, 6) is -0.532. The van der Waals surface area contributed by atoms with Crippen LogP contribution >= 0.6 is 0 Å². The molecule has 3 N–H and O–H groups in total. The van der Waals surface area contributed by atoms with Crippen LogP contribution in [0.4, 0.5) is 18.9 Å². The van der Waals surface area contributed by atoms with Crippen molar-refractivity contribution in [2.75, 3.05) is 5.73 Å². The summed E-state index contributed by atoms with van der Waals surface area (Å²) in [6, 6.07) is 2.81. The largest absolute Gasteiger partial charge is 0.416 e. The lowest BCUT2D eigenvalue weighted by molar-refractivity contribution is -0.137. The molecule has 1 aliphatic carbocycles. The molecule has 110 valence electrons. The first-order valence-corrected chi connectivity index (χ1v) is 6.57. The number of benzene rings is 1. The molecule has 0 unspecified atom stereocenters. The fourth-order valence-corrected chi connectivity index (χ4v) is 2.41. The standard InChI is InChI=1S/C14H17F3N2O/c1-2-13(6-3-7-13)19-12(20)10-8-9(14(15,16)17)4-5-11(10)18/h4-5,8H,2-3,6-7,18H2,1H3,(H,19,20). The molecule has 1 aliphatic rings. The number of hydrogen-bond acceptors (Lipinski definition) is 2. The Morgan fingerprint density at radius 3 is 2.50 bits per heavy atom. The van der Waals surface area contributed by atoms with E-state index in [9.17, 15) is 18.0 Å². The maximum Gasteiger partial charge on any atom is 0.416 e. The summed E-state index contributed by atoms with van der Waals surface area (Å²) in [4.78, 5) is 12.2. The van der Waals surface area contributed by atoms with E-state index in [1.54, 1.807) is 0 Å². The highest BCUT2D eigenvalue weighted by Crippen LogP contribution is 2.36. The zero-order chi connectivity index (χ0) is 15.0. The van der Waals surface area contributed by atoms with E-state index in [0.29, 0.717) is 0 Å². The summed E-state index contributed by atoms with van der Waals surface area (Å²) in [6.45, 7) is 1.95. The van der Waals surface area contributed by atoms with Gasteiger partial charge in [0.1, 0.15) is 0 Å². The maximum absolute atomic E-state index is 12.7. The van der Waals surface area contributed by atoms with Gasteiger partial charge in [-0.25, -0.2) is 0 Å². The first-order chi connectivity index (χ1) is 9.27. The number of carbonyl (C=O) groups excluding carboxylic acids is 1. The van der Waals surface area contributed by atoms with Gasteiger partial charge in [-0.1, -0.05) is 6.92 Å². The van der Waals surface area contributed by atoms with E-state index in [4.69, 9.17) is 5.73 Å². The molecule has 20 heavy (non-hydrogen) atoms. The summed E-state index contributed by atoms with van der Waals surface area (Å²) in [5.41, 5.74) is 4.43. The van der Waals surface area contributed by atoms with E-state index in [0.717, 1.165) is 43.9 Å². The minimum Gasteiger partial charge on any atom is -0.398 e. The van der Waals surface area contributed by atoms with Crippen molar-refractivity contribution in [3.63, 3.8) is 0 Å². The van der Waals surface area contributed by atoms with Crippen LogP contribution in [0, 0.1) is 0 Å². The van der Waals surface area contributed by atoms with Crippen LogP contribution in [0.15, 0.2) is 18.2 Å². The summed E-state index contributed by atoms with van der Waals surface area (Å²) in [6.07, 6.45) is -0.992. The van der Waals surface area contributed by atoms with Crippen LogP contribution in [0.1, 0.15) is 48.5 Å². The number of carbonyl (C=O) groups is 1. The average molecular weight is 286 g/mol. The van der Waals surface area contributed by atoms with Crippen LogP contribution in [0.3, 0.4) is 0 Å². The Morgan fingerprint density at radius 2 is 2.05 bits per heavy atom. The molecule has 1 saturated carbocycles. The molecule has 0 atom stereocenters. The number of amides is 1. The topological polar surface area (TPSA) is 55.1 Å². The Kier molecular flexibility index (Phi) is 3.67. The molecule has 3 nitrogen and oxygen atoms in total. The fourth-order valence-electron chi connectivity index (χ4n) is 2.41. The molecule has 0 radical (unpaired) electrons. The van der Waals surface area contributed by atoms with Gasteiger partial charge in [-0.15, -0.1) is 0 Å². The first kappa shape index (κ1) is 14.7. The van der Waals surface area contributed by atoms with Crippen LogP contribution in [-0.4, -0.2) is 11.4 Å². The third kappa shape index (κ3) is 2.73. The molecule has 1 aromatic rings. The second-order valence-corrected chi connectivity index (χ2v) is 5.24. The summed E-state index contributed by atoms with van der Waals surface area (Å²) < 4.78 is 38.0. The number of halogens is 3. The Hall–Kier alpha value is -1.72. The van der Waals surface area contributed by atoms with Crippen molar-refractivity contribution in [2.45, 2.75) is 44.3 Å². The van der Waals surface area contributed by atoms with Crippen molar-refractivity contribution >= 4 is 11.6 Å². The molecule has 0 aliphatic heterocycles. The van der Waals surface area contributed by atoms with Gasteiger partial charge >= 0.3 is 6.18 Å². The highest BCUT2D eigenvalue weighted by atomic mass is 19.4. The van der Waals surface area contributed by atoms with E-state index in [1.165, 1.54) is 0 Å². The van der Waals surface area contributed by atoms with Crippen LogP contribution in [0.25, 0.3) is 0 Å². The second kappa shape index (κ2) is 5.00. The van der Waals surface area contributed by atoms with Gasteiger partial charge in [0.25, 0.3) is 5.91 Å². The lowest BCUT2D eigenvalue weighted by Gasteiger charge is -2.42. The molecule has 1 fully saturated rings. The predicted molar refractivity (Wildman–Crippen MR) is 70.2 cm³/mol. The fraction of sp³-hybridized carbons (Fsp3) is 0.500. The zero-order valence-electron chi connectivity index (χ0n) is 11.2. The summed E-state index contributed by atoms with van der Waals surface area (Å²) >= 11 is 0. The quantitative estimate of drug-likeness (QED) is 0.837. The van der Waals surface area contributed by atoms with Gasteiger partial charge in [0.2, 0.25) is 0 Å². The van der Waals surface area contributed by atoms with E-state index >= 15 is 0 Å². The maximum atomic E-state index is 12.7. The number of nitrogens with one attached hydrogen (secondary N) is 1. The Morgan fingerprint density at radius 1 is 1.40 bits per heavy atom. The van der Waals surface area contributed by atoms with Gasteiger partial charge in [-0.3, -0.25) is 4.79 Å². The van der Waals surface area contributed by atoms with E-state index in [1.807, 2.05) is 6.92 Å². The van der Waals surface area contributed by atoms with E-state index in [2.05, 4.69) is 5.32 Å². The van der Waals surface area contributed by atoms with Crippen LogP contribution in [0.2, 0.25) is 0 Å². The molecular weight excluding hydrogens is 269 g/mol. The molecule has 2 rings (SSSR count). The number of rotatable bonds is 3. The van der Waals surface area contributed by atoms with Crippen molar-refractivity contribution in [1.29, 1.82) is 0 Å². The molecule has 1 amide bonds. The SMILES string of the molecule is CCC1(NC(=O)c2cc(C(F)(F)F)ccc2N)CCC1. The molecule has 0 spiro atoms. The van der Waals surface area contributed by atoms with E-state index in [-0.39, 0.29) is 16.8 Å². The third-order valence-electron chi connectivity index (χ3n) is 3.99. The smallest absolute Gasteiger partial charge is 0.398 e. The highest BCUT2D eigenvalue weighted by molar-refractivity contribution is 5.99. The normalized spacial score (nSPS) is 17.4. The monoisotopic (exact) mass is 286 g/mol. The molecule has 0 aromatic heterocycles. The number of hydrogen-bond donors (Lipinski definition) is 2. The molecule has 0 bridgehead atoms. The van der Waals surface area contributed by atoms with Crippen molar-refractivity contribution < 1.29 is 18.0 Å². The number of nitrogens with two attached hydrogens (primary N) is 1. The minimum atomic E-state index is -4.48. The Bertz CT molecular complexity index is 516. The lowest BCUT2D eigenvalue weighted by Crippen LogP contribution is -2.53. The van der Waals surface area contributed by atoms with Gasteiger partial charge in [-0.05, 0) is 43.9 Å². The van der Waals surface area contributed by atoms with Crippen molar-refractivity contribution in [2.24, 2.45) is 0 Å². The van der Waals surface area contributed by atoms with Gasteiger partial charge in [0.05, 0.1) is 11.1 Å². The predicted octanol–water partition coefficient (Wildman–Crippen LogP) is 3.35. The molecule has 0 heterocycles. The zero-order valence-corrected chi connectivity index (χ0v) is 11.2. The van der Waals surface area contributed by atoms with E-state index < -0.39 is 17.6 Å². The summed E-state index contributed by atoms with van der Waals surface area (Å²) in [7, 11) is 0. The van der Waals surface area contributed by atoms with Gasteiger partial charge in [0.15, 0.2) is 0 Å². The van der Waals surface area contributed by atoms with Gasteiger partial charge in [-0.2, -0.15) is 13.2 Å². The number of anilines is 1. The second-order valence-electron chi connectivity index (χ2n) is 5.24. The van der Waals surface area contributed by atoms with Crippen molar-refractivity contribution in [3.05, 3.63) is 29.3 Å². The molecule has 0 saturated heterocycles. The highest BCUT2D eigenvalue weighted by Gasteiger charge is 2.37. The number of alkyl halides is 3. The molecule has 1 aromatic carbocycles. The third-order valence-corrected chi connectivity index (χ3v) is 3.99. The summed E-state index contributed by atoms with van der Waals surface area (Å²) in [5, 5.41) is 2.83. The Labute approximate surface area is 115 Å². The van der Waals surface area contributed by atoms with Gasteiger partial charge < -0.3 is 11.1 Å². The average Bonchev–Trinajstić information content (AvgIpc) is 2.32. The van der Waals surface area contributed by atoms with Gasteiger partial charge in [0, 0.05) is 11.2 Å². The molecular formula is C14H17F3N2O. The lowest BCUT2D eigenvalue weighted by atomic mass is 9.74. The van der Waals surface area contributed by atoms with Crippen LogP contribution in [0.5, 0.6) is 0 Å². The van der Waals surface area contributed by atoms with Crippen LogP contribution < -0.4 is 11.1 Å². The van der Waals surface area contributed by atoms with Crippen LogP contribution in [-0.2, 0) is 6.18 Å². The first-order valence-electron chi connectivity index (χ1n) is 6.57. The Balaban J connectivity index is 2.25. The minimum absolute atomic E-state index is 0.0566. The molecule has 6 heteroatoms. The van der Waals surface area contributed by atoms with Crippen molar-refractivity contribution in [3.8, 4) is 0 Å². The van der Waals surface area contributed by atoms with Crippen molar-refractivity contribution in [1.82, 2.24) is 5.32 Å².